The van der Waals surface area contributed by atoms with Gasteiger partial charge in [-0.05, 0) is 18.4 Å². The van der Waals surface area contributed by atoms with E-state index in [1.807, 2.05) is 30.3 Å². The standard InChI is InChI=1S/C13H15NO4/c15-12(16)10-6-7-11(10)14-13(17)18-8-9-4-2-1-3-5-9/h1-5,10-11H,6-8H2,(H,14,17)(H,15,16)/t10-,11+/m1/s1. The molecule has 1 aromatic carbocycles. The number of hydrogen-bond acceptors (Lipinski definition) is 3. The minimum absolute atomic E-state index is 0.192. The van der Waals surface area contributed by atoms with Crippen molar-refractivity contribution in [2.45, 2.75) is 25.5 Å². The molecule has 0 heterocycles. The smallest absolute Gasteiger partial charge is 0.407 e. The van der Waals surface area contributed by atoms with E-state index in [-0.39, 0.29) is 12.6 Å². The summed E-state index contributed by atoms with van der Waals surface area (Å²) in [6.45, 7) is 0.192. The normalized spacial score (nSPS) is 21.8. The zero-order valence-corrected chi connectivity index (χ0v) is 9.83. The van der Waals surface area contributed by atoms with E-state index >= 15 is 0 Å². The van der Waals surface area contributed by atoms with Gasteiger partial charge < -0.3 is 15.2 Å². The Labute approximate surface area is 105 Å². The van der Waals surface area contributed by atoms with Crippen LogP contribution in [0.25, 0.3) is 0 Å². The molecular formula is C13H15NO4. The van der Waals surface area contributed by atoms with Crippen LogP contribution in [0.5, 0.6) is 0 Å². The molecule has 0 unspecified atom stereocenters. The fourth-order valence-electron chi connectivity index (χ4n) is 1.88. The fourth-order valence-corrected chi connectivity index (χ4v) is 1.88. The second kappa shape index (κ2) is 5.53. The molecule has 0 aliphatic heterocycles. The minimum Gasteiger partial charge on any atom is -0.481 e. The summed E-state index contributed by atoms with van der Waals surface area (Å²) >= 11 is 0. The highest BCUT2D eigenvalue weighted by Crippen LogP contribution is 2.27. The van der Waals surface area contributed by atoms with Gasteiger partial charge in [-0.1, -0.05) is 30.3 Å². The van der Waals surface area contributed by atoms with Crippen LogP contribution in [0.2, 0.25) is 0 Å². The third kappa shape index (κ3) is 3.00. The van der Waals surface area contributed by atoms with Gasteiger partial charge in [-0.3, -0.25) is 4.79 Å². The summed E-state index contributed by atoms with van der Waals surface area (Å²) in [7, 11) is 0. The predicted molar refractivity (Wildman–Crippen MR) is 63.9 cm³/mol. The van der Waals surface area contributed by atoms with Crippen LogP contribution in [0.3, 0.4) is 0 Å². The number of aliphatic carboxylic acids is 1. The molecule has 0 aromatic heterocycles. The average molecular weight is 249 g/mol. The Morgan fingerprint density at radius 3 is 2.56 bits per heavy atom. The van der Waals surface area contributed by atoms with E-state index in [4.69, 9.17) is 9.84 Å². The van der Waals surface area contributed by atoms with Crippen LogP contribution in [0.15, 0.2) is 30.3 Å². The zero-order chi connectivity index (χ0) is 13.0. The van der Waals surface area contributed by atoms with Crippen LogP contribution in [-0.4, -0.2) is 23.2 Å². The molecule has 0 spiro atoms. The lowest BCUT2D eigenvalue weighted by atomic mass is 9.80. The van der Waals surface area contributed by atoms with Gasteiger partial charge >= 0.3 is 12.1 Å². The van der Waals surface area contributed by atoms with Gasteiger partial charge in [0, 0.05) is 6.04 Å². The van der Waals surface area contributed by atoms with Gasteiger partial charge in [0.05, 0.1) is 5.92 Å². The number of carboxylic acid groups (broad SMARTS) is 1. The summed E-state index contributed by atoms with van der Waals surface area (Å²) in [5.74, 6) is -1.34. The predicted octanol–water partition coefficient (Wildman–Crippen LogP) is 1.78. The molecule has 1 aromatic rings. The number of carbonyl (C=O) groups excluding carboxylic acids is 1. The molecule has 96 valence electrons. The summed E-state index contributed by atoms with van der Waals surface area (Å²) in [5.41, 5.74) is 0.899. The number of hydrogen-bond donors (Lipinski definition) is 2. The highest BCUT2D eigenvalue weighted by Gasteiger charge is 2.37. The molecule has 2 N–H and O–H groups in total. The molecule has 0 saturated heterocycles. The van der Waals surface area contributed by atoms with Gasteiger partial charge in [-0.2, -0.15) is 0 Å². The van der Waals surface area contributed by atoms with Crippen LogP contribution >= 0.6 is 0 Å². The van der Waals surface area contributed by atoms with Gasteiger partial charge in [-0.25, -0.2) is 4.79 Å². The van der Waals surface area contributed by atoms with E-state index in [9.17, 15) is 9.59 Å². The highest BCUT2D eigenvalue weighted by molar-refractivity contribution is 5.74. The van der Waals surface area contributed by atoms with Gasteiger partial charge in [0.15, 0.2) is 0 Å². The van der Waals surface area contributed by atoms with Crippen LogP contribution in [0.4, 0.5) is 4.79 Å². The van der Waals surface area contributed by atoms with Crippen LogP contribution < -0.4 is 5.32 Å². The third-order valence-electron chi connectivity index (χ3n) is 3.11. The van der Waals surface area contributed by atoms with Gasteiger partial charge in [-0.15, -0.1) is 0 Å². The Morgan fingerprint density at radius 1 is 1.28 bits per heavy atom. The summed E-state index contributed by atoms with van der Waals surface area (Å²) in [4.78, 5) is 22.2. The summed E-state index contributed by atoms with van der Waals surface area (Å²) in [5, 5.41) is 11.4. The number of carboxylic acids is 1. The van der Waals surface area contributed by atoms with E-state index < -0.39 is 18.0 Å². The van der Waals surface area contributed by atoms with Crippen molar-refractivity contribution in [1.29, 1.82) is 0 Å². The average Bonchev–Trinajstić information content (AvgIpc) is 2.32. The lowest BCUT2D eigenvalue weighted by Gasteiger charge is -2.33. The molecule has 2 rings (SSSR count). The molecule has 18 heavy (non-hydrogen) atoms. The van der Waals surface area contributed by atoms with Crippen molar-refractivity contribution in [3.63, 3.8) is 0 Å². The molecule has 1 aliphatic carbocycles. The van der Waals surface area contributed by atoms with Gasteiger partial charge in [0.25, 0.3) is 0 Å². The minimum atomic E-state index is -0.866. The molecule has 1 amide bonds. The van der Waals surface area contributed by atoms with Crippen molar-refractivity contribution in [2.24, 2.45) is 5.92 Å². The Balaban J connectivity index is 1.74. The summed E-state index contributed by atoms with van der Waals surface area (Å²) in [6, 6.07) is 9.03. The van der Waals surface area contributed by atoms with Crippen molar-refractivity contribution in [2.75, 3.05) is 0 Å². The van der Waals surface area contributed by atoms with Crippen LogP contribution in [-0.2, 0) is 16.1 Å². The number of nitrogens with one attached hydrogen (secondary N) is 1. The first-order valence-electron chi connectivity index (χ1n) is 5.87. The first kappa shape index (κ1) is 12.4. The quantitative estimate of drug-likeness (QED) is 0.852. The third-order valence-corrected chi connectivity index (χ3v) is 3.11. The van der Waals surface area contributed by atoms with Crippen molar-refractivity contribution < 1.29 is 19.4 Å². The molecule has 5 nitrogen and oxygen atoms in total. The van der Waals surface area contributed by atoms with E-state index in [0.29, 0.717) is 12.8 Å². The number of alkyl carbamates (subject to hydrolysis) is 1. The molecule has 5 heteroatoms. The van der Waals surface area contributed by atoms with Crippen molar-refractivity contribution >= 4 is 12.1 Å². The lowest BCUT2D eigenvalue weighted by Crippen LogP contribution is -2.50. The van der Waals surface area contributed by atoms with E-state index in [1.54, 1.807) is 0 Å². The maximum Gasteiger partial charge on any atom is 0.407 e. The molecule has 1 aliphatic rings. The summed E-state index contributed by atoms with van der Waals surface area (Å²) < 4.78 is 5.02. The van der Waals surface area contributed by atoms with Crippen LogP contribution in [0.1, 0.15) is 18.4 Å². The second-order valence-corrected chi connectivity index (χ2v) is 4.33. The number of benzene rings is 1. The first-order valence-corrected chi connectivity index (χ1v) is 5.87. The molecule has 2 atom stereocenters. The molecule has 0 bridgehead atoms. The SMILES string of the molecule is O=C(N[C@H]1CC[C@H]1C(=O)O)OCc1ccccc1. The van der Waals surface area contributed by atoms with Crippen LogP contribution in [0, 0.1) is 5.92 Å². The number of amides is 1. The molecular weight excluding hydrogens is 234 g/mol. The molecule has 1 fully saturated rings. The zero-order valence-electron chi connectivity index (χ0n) is 9.83. The Kier molecular flexibility index (Phi) is 3.82. The first-order chi connectivity index (χ1) is 8.66. The monoisotopic (exact) mass is 249 g/mol. The van der Waals surface area contributed by atoms with E-state index in [2.05, 4.69) is 5.32 Å². The van der Waals surface area contributed by atoms with E-state index in [0.717, 1.165) is 5.56 Å². The highest BCUT2D eigenvalue weighted by atomic mass is 16.5. The van der Waals surface area contributed by atoms with Gasteiger partial charge in [0.1, 0.15) is 6.61 Å². The van der Waals surface area contributed by atoms with Crippen molar-refractivity contribution in [1.82, 2.24) is 5.32 Å². The molecule has 0 radical (unpaired) electrons. The maximum absolute atomic E-state index is 11.5. The Bertz CT molecular complexity index is 432. The summed E-state index contributed by atoms with van der Waals surface area (Å²) in [6.07, 6.45) is 0.742. The second-order valence-electron chi connectivity index (χ2n) is 4.33. The lowest BCUT2D eigenvalue weighted by molar-refractivity contribution is -0.145. The topological polar surface area (TPSA) is 75.6 Å². The largest absolute Gasteiger partial charge is 0.481 e. The molecule has 1 saturated carbocycles. The van der Waals surface area contributed by atoms with Crippen molar-refractivity contribution in [3.8, 4) is 0 Å². The number of ether oxygens (including phenoxy) is 1. The Hall–Kier alpha value is -2.04. The Morgan fingerprint density at radius 2 is 2.00 bits per heavy atom. The van der Waals surface area contributed by atoms with Gasteiger partial charge in [0.2, 0.25) is 0 Å². The van der Waals surface area contributed by atoms with Crippen molar-refractivity contribution in [3.05, 3.63) is 35.9 Å². The van der Waals surface area contributed by atoms with E-state index in [1.165, 1.54) is 0 Å². The number of rotatable bonds is 4. The maximum atomic E-state index is 11.5. The number of carbonyl (C=O) groups is 2. The fraction of sp³-hybridized carbons (Fsp3) is 0.385.